The highest BCUT2D eigenvalue weighted by Gasteiger charge is 2.21. The van der Waals surface area contributed by atoms with Crippen molar-refractivity contribution >= 4 is 21.7 Å². The molecule has 0 atom stereocenters. The number of nitrogens with one attached hydrogen (secondary N) is 2. The Balaban J connectivity index is 1.73. The average molecular weight is 431 g/mol. The largest absolute Gasteiger partial charge is 0.396 e. The Morgan fingerprint density at radius 3 is 2.43 bits per heavy atom. The maximum Gasteiger partial charge on any atom is 0.240 e. The number of nitrogens with zero attached hydrogens (tertiary/aromatic N) is 4. The number of aryl methyl sites for hydroxylation is 1. The normalized spacial score (nSPS) is 12.2. The molecule has 2 aromatic heterocycles. The lowest BCUT2D eigenvalue weighted by atomic mass is 9.96. The third-order valence-corrected chi connectivity index (χ3v) is 6.15. The highest BCUT2D eigenvalue weighted by Crippen LogP contribution is 2.21. The van der Waals surface area contributed by atoms with Crippen molar-refractivity contribution in [3.05, 3.63) is 48.5 Å². The van der Waals surface area contributed by atoms with E-state index < -0.39 is 15.4 Å². The zero-order chi connectivity index (χ0) is 21.9. The van der Waals surface area contributed by atoms with Crippen LogP contribution in [0.3, 0.4) is 0 Å². The van der Waals surface area contributed by atoms with Crippen LogP contribution in [0.15, 0.2) is 47.6 Å². The van der Waals surface area contributed by atoms with Gasteiger partial charge in [0, 0.05) is 37.5 Å². The van der Waals surface area contributed by atoms with E-state index >= 15 is 0 Å². The molecule has 10 heteroatoms. The Kier molecular flexibility index (Phi) is 6.20. The topological polar surface area (TPSA) is 122 Å². The van der Waals surface area contributed by atoms with Gasteiger partial charge < -0.3 is 15.0 Å². The molecule has 30 heavy (non-hydrogen) atoms. The lowest BCUT2D eigenvalue weighted by Crippen LogP contribution is -2.36. The summed E-state index contributed by atoms with van der Waals surface area (Å²) in [6, 6.07) is 8.11. The molecule has 0 unspecified atom stereocenters. The molecule has 0 radical (unpaired) electrons. The van der Waals surface area contributed by atoms with Gasteiger partial charge >= 0.3 is 0 Å². The number of sulfonamides is 1. The molecule has 0 saturated carbocycles. The van der Waals surface area contributed by atoms with Crippen molar-refractivity contribution in [2.24, 2.45) is 12.5 Å². The second-order valence-corrected chi connectivity index (χ2v) is 9.58. The van der Waals surface area contributed by atoms with Crippen molar-refractivity contribution in [1.82, 2.24) is 24.2 Å². The molecule has 160 valence electrons. The summed E-state index contributed by atoms with van der Waals surface area (Å²) < 4.78 is 29.4. The van der Waals surface area contributed by atoms with Crippen molar-refractivity contribution in [1.29, 1.82) is 0 Å². The fraction of sp³-hybridized carbons (Fsp3) is 0.350. The number of hydrogen-bond acceptors (Lipinski definition) is 7. The summed E-state index contributed by atoms with van der Waals surface area (Å²) in [5.74, 6) is 1.27. The van der Waals surface area contributed by atoms with E-state index in [0.717, 1.165) is 17.2 Å². The van der Waals surface area contributed by atoms with Crippen LogP contribution in [0.25, 0.3) is 11.4 Å². The minimum atomic E-state index is -3.67. The number of anilines is 2. The first-order valence-electron chi connectivity index (χ1n) is 9.41. The second kappa shape index (κ2) is 8.50. The number of aromatic nitrogens is 4. The number of benzene rings is 1. The smallest absolute Gasteiger partial charge is 0.240 e. The van der Waals surface area contributed by atoms with Crippen LogP contribution in [-0.4, -0.2) is 46.2 Å². The average Bonchev–Trinajstić information content (AvgIpc) is 3.06. The first-order chi connectivity index (χ1) is 14.1. The maximum atomic E-state index is 12.5. The number of hydrogen-bond donors (Lipinski definition) is 3. The molecule has 3 rings (SSSR count). The summed E-state index contributed by atoms with van der Waals surface area (Å²) in [4.78, 5) is 13.2. The first-order valence-corrected chi connectivity index (χ1v) is 10.9. The van der Waals surface area contributed by atoms with Gasteiger partial charge in [-0.05, 0) is 37.3 Å². The fourth-order valence-corrected chi connectivity index (χ4v) is 3.82. The molecule has 0 aliphatic rings. The van der Waals surface area contributed by atoms with Gasteiger partial charge in [0.25, 0.3) is 0 Å². The van der Waals surface area contributed by atoms with Gasteiger partial charge in [-0.2, -0.15) is 0 Å². The zero-order valence-electron chi connectivity index (χ0n) is 17.4. The van der Waals surface area contributed by atoms with E-state index in [1.165, 1.54) is 12.1 Å². The summed E-state index contributed by atoms with van der Waals surface area (Å²) in [5.41, 5.74) is 1.72. The molecule has 0 fully saturated rings. The molecule has 0 saturated heterocycles. The summed E-state index contributed by atoms with van der Waals surface area (Å²) in [5, 5.41) is 12.4. The fourth-order valence-electron chi connectivity index (χ4n) is 2.58. The van der Waals surface area contributed by atoms with Gasteiger partial charge in [0.15, 0.2) is 0 Å². The van der Waals surface area contributed by atoms with Crippen LogP contribution in [-0.2, 0) is 17.1 Å². The van der Waals surface area contributed by atoms with E-state index in [0.29, 0.717) is 11.6 Å². The molecule has 9 nitrogen and oxygen atoms in total. The number of aliphatic hydroxyl groups excluding tert-OH is 1. The minimum absolute atomic E-state index is 0.115. The third kappa shape index (κ3) is 5.02. The molecular formula is C20H26N6O3S. The lowest BCUT2D eigenvalue weighted by Gasteiger charge is -2.21. The van der Waals surface area contributed by atoms with E-state index in [9.17, 15) is 13.5 Å². The summed E-state index contributed by atoms with van der Waals surface area (Å²) in [6.07, 6.45) is 3.41. The molecule has 0 amide bonds. The summed E-state index contributed by atoms with van der Waals surface area (Å²) in [6.45, 7) is 5.50. The van der Waals surface area contributed by atoms with Crippen LogP contribution >= 0.6 is 0 Å². The van der Waals surface area contributed by atoms with Gasteiger partial charge in [-0.25, -0.2) is 28.1 Å². The number of imidazole rings is 1. The Hall–Kier alpha value is -2.82. The molecule has 3 aromatic rings. The van der Waals surface area contributed by atoms with Crippen LogP contribution in [0.1, 0.15) is 19.7 Å². The molecule has 0 aliphatic carbocycles. The Labute approximate surface area is 176 Å². The quantitative estimate of drug-likeness (QED) is 0.501. The molecule has 0 aliphatic heterocycles. The third-order valence-electron chi connectivity index (χ3n) is 4.73. The van der Waals surface area contributed by atoms with Gasteiger partial charge in [-0.3, -0.25) is 0 Å². The molecule has 2 heterocycles. The Morgan fingerprint density at radius 1 is 1.13 bits per heavy atom. The molecule has 3 N–H and O–H groups in total. The van der Waals surface area contributed by atoms with Gasteiger partial charge in [0.05, 0.1) is 22.5 Å². The van der Waals surface area contributed by atoms with Crippen LogP contribution < -0.4 is 10.0 Å². The van der Waals surface area contributed by atoms with E-state index in [-0.39, 0.29) is 18.0 Å². The molecule has 0 spiro atoms. The maximum absolute atomic E-state index is 12.5. The molecule has 1 aromatic carbocycles. The molecule has 0 bridgehead atoms. The highest BCUT2D eigenvalue weighted by molar-refractivity contribution is 7.89. The van der Waals surface area contributed by atoms with Gasteiger partial charge in [-0.15, -0.1) is 0 Å². The monoisotopic (exact) mass is 430 g/mol. The van der Waals surface area contributed by atoms with Gasteiger partial charge in [0.1, 0.15) is 5.82 Å². The van der Waals surface area contributed by atoms with Crippen molar-refractivity contribution in [3.8, 4) is 11.4 Å². The Bertz CT molecular complexity index is 1120. The predicted molar refractivity (Wildman–Crippen MR) is 115 cm³/mol. The SMILES string of the molecule is Cc1ncc(-c2ccnc(Nc3ccc(S(=O)(=O)NCC(C)(C)CO)cc3)n2)n1C. The first kappa shape index (κ1) is 21.9. The molecular weight excluding hydrogens is 404 g/mol. The van der Waals surface area contributed by atoms with Crippen LogP contribution in [0.2, 0.25) is 0 Å². The van der Waals surface area contributed by atoms with Crippen molar-refractivity contribution < 1.29 is 13.5 Å². The van der Waals surface area contributed by atoms with E-state index in [2.05, 4.69) is 25.0 Å². The van der Waals surface area contributed by atoms with E-state index in [4.69, 9.17) is 0 Å². The second-order valence-electron chi connectivity index (χ2n) is 7.81. The van der Waals surface area contributed by atoms with Crippen molar-refractivity contribution in [2.45, 2.75) is 25.7 Å². The predicted octanol–water partition coefficient (Wildman–Crippen LogP) is 2.23. The van der Waals surface area contributed by atoms with Crippen LogP contribution in [0, 0.1) is 12.3 Å². The van der Waals surface area contributed by atoms with Gasteiger partial charge in [-0.1, -0.05) is 13.8 Å². The van der Waals surface area contributed by atoms with E-state index in [1.807, 2.05) is 18.5 Å². The number of aliphatic hydroxyl groups is 1. The zero-order valence-corrected chi connectivity index (χ0v) is 18.2. The summed E-state index contributed by atoms with van der Waals surface area (Å²) >= 11 is 0. The van der Waals surface area contributed by atoms with Crippen molar-refractivity contribution in [2.75, 3.05) is 18.5 Å². The Morgan fingerprint density at radius 2 is 1.83 bits per heavy atom. The summed E-state index contributed by atoms with van der Waals surface area (Å²) in [7, 11) is -1.75. The lowest BCUT2D eigenvalue weighted by molar-refractivity contribution is 0.163. The van der Waals surface area contributed by atoms with Crippen LogP contribution in [0.4, 0.5) is 11.6 Å². The van der Waals surface area contributed by atoms with Crippen molar-refractivity contribution in [3.63, 3.8) is 0 Å². The van der Waals surface area contributed by atoms with Gasteiger partial charge in [0.2, 0.25) is 16.0 Å². The van der Waals surface area contributed by atoms with E-state index in [1.54, 1.807) is 44.4 Å². The number of rotatable bonds is 8. The highest BCUT2D eigenvalue weighted by atomic mass is 32.2. The van der Waals surface area contributed by atoms with Crippen LogP contribution in [0.5, 0.6) is 0 Å². The minimum Gasteiger partial charge on any atom is -0.396 e. The standard InChI is InChI=1S/C20H26N6O3S/c1-14-22-11-18(26(14)4)17-9-10-21-19(25-17)24-15-5-7-16(8-6-15)30(28,29)23-12-20(2,3)13-27/h5-11,23,27H,12-13H2,1-4H3,(H,21,24,25).